The minimum atomic E-state index is -0.182. The first-order chi connectivity index (χ1) is 10.2. The maximum atomic E-state index is 12.6. The molecule has 0 bridgehead atoms. The molecule has 0 spiro atoms. The number of carbonyl (C=O) groups is 1. The number of ether oxygens (including phenoxy) is 1. The number of rotatable bonds is 2. The van der Waals surface area contributed by atoms with Crippen LogP contribution in [-0.2, 0) is 11.2 Å². The molecule has 1 aromatic carbocycles. The highest BCUT2D eigenvalue weighted by molar-refractivity contribution is 9.10. The summed E-state index contributed by atoms with van der Waals surface area (Å²) in [5.74, 6) is 1.34. The molecular formula is C16H15BrN2O2. The Balaban J connectivity index is 1.79. The number of aromatic nitrogens is 1. The van der Waals surface area contributed by atoms with Crippen LogP contribution in [0.3, 0.4) is 0 Å². The maximum Gasteiger partial charge on any atom is 0.234 e. The summed E-state index contributed by atoms with van der Waals surface area (Å²) in [6, 6.07) is 11.6. The smallest absolute Gasteiger partial charge is 0.234 e. The van der Waals surface area contributed by atoms with Crippen molar-refractivity contribution in [2.75, 3.05) is 18.6 Å². The van der Waals surface area contributed by atoms with Gasteiger partial charge in [-0.2, -0.15) is 0 Å². The molecule has 3 rings (SSSR count). The third kappa shape index (κ3) is 2.78. The van der Waals surface area contributed by atoms with E-state index < -0.39 is 0 Å². The lowest BCUT2D eigenvalue weighted by atomic mass is 9.95. The fourth-order valence-corrected chi connectivity index (χ4v) is 3.01. The van der Waals surface area contributed by atoms with Gasteiger partial charge in [-0.05, 0) is 46.1 Å². The van der Waals surface area contributed by atoms with Crippen LogP contribution in [0.25, 0.3) is 0 Å². The molecule has 0 aliphatic carbocycles. The number of hydrogen-bond donors (Lipinski definition) is 0. The van der Waals surface area contributed by atoms with Crippen LogP contribution in [0.4, 0.5) is 5.82 Å². The summed E-state index contributed by atoms with van der Waals surface area (Å²) in [5.41, 5.74) is 1.08. The zero-order valence-electron chi connectivity index (χ0n) is 11.6. The fraction of sp³-hybridized carbons (Fsp3) is 0.250. The number of amides is 1. The van der Waals surface area contributed by atoms with Crippen molar-refractivity contribution in [3.63, 3.8) is 0 Å². The van der Waals surface area contributed by atoms with Gasteiger partial charge in [0, 0.05) is 13.2 Å². The van der Waals surface area contributed by atoms with Crippen molar-refractivity contribution < 1.29 is 9.53 Å². The average molecular weight is 347 g/mol. The number of carbonyl (C=O) groups excluding carboxylic acids is 1. The lowest BCUT2D eigenvalue weighted by molar-refractivity contribution is -0.123. The molecule has 1 atom stereocenters. The fourth-order valence-electron chi connectivity index (χ4n) is 2.49. The van der Waals surface area contributed by atoms with Gasteiger partial charge in [0.25, 0.3) is 0 Å². The number of halogens is 1. The number of nitrogens with zero attached hydrogens (tertiary/aromatic N) is 2. The Morgan fingerprint density at radius 2 is 2.14 bits per heavy atom. The van der Waals surface area contributed by atoms with Gasteiger partial charge in [-0.1, -0.05) is 18.2 Å². The Bertz CT molecular complexity index is 675. The van der Waals surface area contributed by atoms with Crippen LogP contribution in [0.1, 0.15) is 5.56 Å². The summed E-state index contributed by atoms with van der Waals surface area (Å²) in [7, 11) is 1.75. The molecule has 21 heavy (non-hydrogen) atoms. The third-order valence-corrected chi connectivity index (χ3v) is 4.23. The molecule has 0 unspecified atom stereocenters. The van der Waals surface area contributed by atoms with Gasteiger partial charge in [0.05, 0.1) is 10.4 Å². The van der Waals surface area contributed by atoms with Gasteiger partial charge in [0.2, 0.25) is 5.91 Å². The largest absolute Gasteiger partial charge is 0.492 e. The Morgan fingerprint density at radius 1 is 1.33 bits per heavy atom. The van der Waals surface area contributed by atoms with Gasteiger partial charge in [0.1, 0.15) is 18.2 Å². The molecule has 0 saturated heterocycles. The summed E-state index contributed by atoms with van der Waals surface area (Å²) in [6.07, 6.45) is 2.38. The van der Waals surface area contributed by atoms with Crippen molar-refractivity contribution >= 4 is 27.7 Å². The second-order valence-corrected chi connectivity index (χ2v) is 5.88. The number of para-hydroxylation sites is 1. The molecule has 0 fully saturated rings. The van der Waals surface area contributed by atoms with Gasteiger partial charge < -0.3 is 4.74 Å². The molecule has 1 aromatic heterocycles. The van der Waals surface area contributed by atoms with Gasteiger partial charge in [-0.15, -0.1) is 0 Å². The average Bonchev–Trinajstić information content (AvgIpc) is 2.53. The second-order valence-electron chi connectivity index (χ2n) is 5.03. The predicted octanol–water partition coefficient (Wildman–Crippen LogP) is 3.06. The Morgan fingerprint density at radius 3 is 2.95 bits per heavy atom. The molecule has 0 N–H and O–H groups in total. The van der Waals surface area contributed by atoms with Crippen LogP contribution in [0.15, 0.2) is 47.1 Å². The van der Waals surface area contributed by atoms with E-state index >= 15 is 0 Å². The summed E-state index contributed by atoms with van der Waals surface area (Å²) in [6.45, 7) is 0.407. The molecular weight excluding hydrogens is 332 g/mol. The molecule has 108 valence electrons. The van der Waals surface area contributed by atoms with E-state index in [1.807, 2.05) is 36.4 Å². The number of benzene rings is 1. The molecule has 2 heterocycles. The van der Waals surface area contributed by atoms with Crippen molar-refractivity contribution in [3.8, 4) is 5.75 Å². The van der Waals surface area contributed by atoms with E-state index in [0.717, 1.165) is 15.8 Å². The minimum absolute atomic E-state index is 0.0175. The van der Waals surface area contributed by atoms with Crippen molar-refractivity contribution in [1.82, 2.24) is 4.98 Å². The van der Waals surface area contributed by atoms with E-state index in [1.165, 1.54) is 0 Å². The van der Waals surface area contributed by atoms with E-state index in [-0.39, 0.29) is 11.8 Å². The van der Waals surface area contributed by atoms with Crippen LogP contribution >= 0.6 is 15.9 Å². The topological polar surface area (TPSA) is 42.4 Å². The SMILES string of the molecule is CN(C(=O)[C@@H]1COc2ccccc2C1)c1ncccc1Br. The van der Waals surface area contributed by atoms with Crippen LogP contribution in [0.2, 0.25) is 0 Å². The molecule has 1 aliphatic rings. The van der Waals surface area contributed by atoms with Gasteiger partial charge in [0.15, 0.2) is 0 Å². The van der Waals surface area contributed by atoms with Crippen molar-refractivity contribution in [2.24, 2.45) is 5.92 Å². The zero-order chi connectivity index (χ0) is 14.8. The predicted molar refractivity (Wildman–Crippen MR) is 84.5 cm³/mol. The summed E-state index contributed by atoms with van der Waals surface area (Å²) in [4.78, 5) is 18.5. The Kier molecular flexibility index (Phi) is 3.92. The first-order valence-corrected chi connectivity index (χ1v) is 7.55. The van der Waals surface area contributed by atoms with Crippen molar-refractivity contribution in [2.45, 2.75) is 6.42 Å². The first-order valence-electron chi connectivity index (χ1n) is 6.75. The lowest BCUT2D eigenvalue weighted by Crippen LogP contribution is -2.39. The molecule has 1 aliphatic heterocycles. The quantitative estimate of drug-likeness (QED) is 0.839. The van der Waals surface area contributed by atoms with Crippen molar-refractivity contribution in [3.05, 3.63) is 52.6 Å². The number of anilines is 1. The van der Waals surface area contributed by atoms with Crippen LogP contribution in [0, 0.1) is 5.92 Å². The minimum Gasteiger partial charge on any atom is -0.492 e. The highest BCUT2D eigenvalue weighted by Crippen LogP contribution is 2.29. The monoisotopic (exact) mass is 346 g/mol. The van der Waals surface area contributed by atoms with E-state index in [0.29, 0.717) is 18.8 Å². The van der Waals surface area contributed by atoms with E-state index in [2.05, 4.69) is 20.9 Å². The number of hydrogen-bond acceptors (Lipinski definition) is 3. The van der Waals surface area contributed by atoms with E-state index in [1.54, 1.807) is 18.1 Å². The molecule has 5 heteroatoms. The van der Waals surface area contributed by atoms with E-state index in [9.17, 15) is 4.79 Å². The number of fused-ring (bicyclic) bond motifs is 1. The summed E-state index contributed by atoms with van der Waals surface area (Å²) in [5, 5.41) is 0. The normalized spacial score (nSPS) is 16.8. The molecule has 2 aromatic rings. The summed E-state index contributed by atoms with van der Waals surface area (Å²) >= 11 is 3.43. The third-order valence-electron chi connectivity index (χ3n) is 3.62. The first kappa shape index (κ1) is 14.1. The van der Waals surface area contributed by atoms with Gasteiger partial charge in [-0.25, -0.2) is 4.98 Å². The Labute approximate surface area is 131 Å². The highest BCUT2D eigenvalue weighted by atomic mass is 79.9. The molecule has 1 amide bonds. The van der Waals surface area contributed by atoms with Gasteiger partial charge in [-0.3, -0.25) is 9.69 Å². The molecule has 0 radical (unpaired) electrons. The van der Waals surface area contributed by atoms with Crippen LogP contribution < -0.4 is 9.64 Å². The van der Waals surface area contributed by atoms with Crippen LogP contribution in [-0.4, -0.2) is 24.5 Å². The van der Waals surface area contributed by atoms with Crippen LogP contribution in [0.5, 0.6) is 5.75 Å². The molecule has 0 saturated carbocycles. The molecule has 4 nitrogen and oxygen atoms in total. The van der Waals surface area contributed by atoms with Gasteiger partial charge >= 0.3 is 0 Å². The van der Waals surface area contributed by atoms with E-state index in [4.69, 9.17) is 4.74 Å². The maximum absolute atomic E-state index is 12.6. The second kappa shape index (κ2) is 5.85. The number of pyridine rings is 1. The van der Waals surface area contributed by atoms with Crippen molar-refractivity contribution in [1.29, 1.82) is 0 Å². The lowest BCUT2D eigenvalue weighted by Gasteiger charge is -2.28. The highest BCUT2D eigenvalue weighted by Gasteiger charge is 2.29. The zero-order valence-corrected chi connectivity index (χ0v) is 13.2. The Hall–Kier alpha value is -1.88. The standard InChI is InChI=1S/C16H15BrN2O2/c1-19(15-13(17)6-4-8-18-15)16(20)12-9-11-5-2-3-7-14(11)21-10-12/h2-8,12H,9-10H2,1H3/t12-/m0/s1. The summed E-state index contributed by atoms with van der Waals surface area (Å²) < 4.78 is 6.50.